The molecule has 0 heterocycles. The van der Waals surface area contributed by atoms with E-state index in [-0.39, 0.29) is 17.5 Å². The number of hydrogen-bond donors (Lipinski definition) is 3. The molecule has 1 fully saturated rings. The second-order valence-electron chi connectivity index (χ2n) is 4.24. The Morgan fingerprint density at radius 2 is 1.89 bits per heavy atom. The van der Waals surface area contributed by atoms with Gasteiger partial charge in [-0.15, -0.1) is 0 Å². The number of carbonyl (C=O) groups excluding carboxylic acids is 1. The molecule has 1 aromatic carbocycles. The zero-order valence-corrected chi connectivity index (χ0v) is 10.5. The summed E-state index contributed by atoms with van der Waals surface area (Å²) in [6.07, 6.45) is 1.80. The van der Waals surface area contributed by atoms with Crippen LogP contribution in [0.3, 0.4) is 0 Å². The van der Waals surface area contributed by atoms with Crippen molar-refractivity contribution < 1.29 is 13.2 Å². The van der Waals surface area contributed by atoms with E-state index in [0.717, 1.165) is 12.8 Å². The highest BCUT2D eigenvalue weighted by Gasteiger charge is 2.27. The van der Waals surface area contributed by atoms with Crippen molar-refractivity contribution in [2.24, 2.45) is 5.73 Å². The molecule has 0 atom stereocenters. The van der Waals surface area contributed by atoms with Crippen LogP contribution in [0.1, 0.15) is 12.8 Å². The van der Waals surface area contributed by atoms with Gasteiger partial charge in [0.2, 0.25) is 15.9 Å². The Kier molecular flexibility index (Phi) is 3.53. The number of sulfonamides is 1. The summed E-state index contributed by atoms with van der Waals surface area (Å²) in [6.45, 7) is 0.0203. The molecule has 1 aliphatic rings. The molecule has 0 radical (unpaired) electrons. The molecule has 0 aromatic heterocycles. The summed E-state index contributed by atoms with van der Waals surface area (Å²) in [5.41, 5.74) is 5.65. The summed E-state index contributed by atoms with van der Waals surface area (Å²) in [5.74, 6) is -0.470. The lowest BCUT2D eigenvalue weighted by atomic mass is 10.3. The van der Waals surface area contributed by atoms with E-state index in [2.05, 4.69) is 10.0 Å². The zero-order chi connectivity index (χ0) is 13.2. The van der Waals surface area contributed by atoms with E-state index < -0.39 is 15.9 Å². The molecule has 0 saturated heterocycles. The Bertz CT molecular complexity index is 535. The summed E-state index contributed by atoms with van der Waals surface area (Å²) >= 11 is 0. The van der Waals surface area contributed by atoms with Gasteiger partial charge < -0.3 is 11.1 Å². The summed E-state index contributed by atoms with van der Waals surface area (Å²) in [4.78, 5) is 10.8. The smallest absolute Gasteiger partial charge is 0.240 e. The Labute approximate surface area is 106 Å². The Morgan fingerprint density at radius 1 is 1.28 bits per heavy atom. The number of primary amides is 1. The van der Waals surface area contributed by atoms with Crippen molar-refractivity contribution >= 4 is 21.6 Å². The number of amides is 1. The van der Waals surface area contributed by atoms with Crippen LogP contribution in [0.4, 0.5) is 5.69 Å². The van der Waals surface area contributed by atoms with Crippen LogP contribution < -0.4 is 15.8 Å². The molecule has 4 N–H and O–H groups in total. The Balaban J connectivity index is 2.04. The maximum Gasteiger partial charge on any atom is 0.240 e. The molecule has 1 aromatic rings. The second-order valence-corrected chi connectivity index (χ2v) is 5.95. The molecule has 1 saturated carbocycles. The first-order valence-corrected chi connectivity index (χ1v) is 7.10. The van der Waals surface area contributed by atoms with Crippen molar-refractivity contribution in [2.75, 3.05) is 11.9 Å². The van der Waals surface area contributed by atoms with Gasteiger partial charge in [0.25, 0.3) is 0 Å². The summed E-state index contributed by atoms with van der Waals surface area (Å²) in [5, 5.41) is 2.79. The van der Waals surface area contributed by atoms with Crippen LogP contribution in [0.25, 0.3) is 0 Å². The topological polar surface area (TPSA) is 101 Å². The van der Waals surface area contributed by atoms with Gasteiger partial charge in [-0.25, -0.2) is 13.1 Å². The fourth-order valence-electron chi connectivity index (χ4n) is 1.43. The molecule has 0 bridgehead atoms. The van der Waals surface area contributed by atoms with E-state index >= 15 is 0 Å². The van der Waals surface area contributed by atoms with Gasteiger partial charge in [0.1, 0.15) is 0 Å². The van der Waals surface area contributed by atoms with Gasteiger partial charge in [0, 0.05) is 11.7 Å². The quantitative estimate of drug-likeness (QED) is 0.678. The first-order chi connectivity index (χ1) is 8.47. The average molecular weight is 269 g/mol. The van der Waals surface area contributed by atoms with E-state index in [4.69, 9.17) is 5.73 Å². The van der Waals surface area contributed by atoms with Crippen LogP contribution >= 0.6 is 0 Å². The zero-order valence-electron chi connectivity index (χ0n) is 9.72. The Morgan fingerprint density at radius 3 is 2.39 bits per heavy atom. The van der Waals surface area contributed by atoms with Crippen molar-refractivity contribution in [3.05, 3.63) is 24.3 Å². The van der Waals surface area contributed by atoms with Crippen LogP contribution in [-0.2, 0) is 14.8 Å². The molecule has 2 rings (SSSR count). The predicted molar refractivity (Wildman–Crippen MR) is 67.5 cm³/mol. The molecule has 18 heavy (non-hydrogen) atoms. The third-order valence-corrected chi connectivity index (χ3v) is 4.07. The van der Waals surface area contributed by atoms with Crippen LogP contribution in [0, 0.1) is 0 Å². The van der Waals surface area contributed by atoms with Gasteiger partial charge in [0.15, 0.2) is 0 Å². The normalized spacial score (nSPS) is 15.3. The molecular formula is C11H15N3O3S. The van der Waals surface area contributed by atoms with E-state index in [0.29, 0.717) is 5.69 Å². The first kappa shape index (κ1) is 12.8. The minimum absolute atomic E-state index is 0.0203. The molecule has 0 spiro atoms. The minimum atomic E-state index is -3.41. The second kappa shape index (κ2) is 4.95. The SMILES string of the molecule is NC(=O)CNc1ccc(S(=O)(=O)NC2CC2)cc1. The predicted octanol–water partition coefficient (Wildman–Crippen LogP) is 0.0245. The van der Waals surface area contributed by atoms with E-state index in [1.54, 1.807) is 12.1 Å². The van der Waals surface area contributed by atoms with Crippen molar-refractivity contribution in [1.82, 2.24) is 4.72 Å². The average Bonchev–Trinajstić information content (AvgIpc) is 3.10. The van der Waals surface area contributed by atoms with E-state index in [1.807, 2.05) is 0 Å². The summed E-state index contributed by atoms with van der Waals surface area (Å²) in [6, 6.07) is 6.28. The number of nitrogens with one attached hydrogen (secondary N) is 2. The van der Waals surface area contributed by atoms with Crippen molar-refractivity contribution in [3.8, 4) is 0 Å². The summed E-state index contributed by atoms with van der Waals surface area (Å²) < 4.78 is 26.3. The highest BCUT2D eigenvalue weighted by atomic mass is 32.2. The molecule has 6 nitrogen and oxygen atoms in total. The lowest BCUT2D eigenvalue weighted by Gasteiger charge is -2.07. The molecule has 1 aliphatic carbocycles. The van der Waals surface area contributed by atoms with Crippen LogP contribution in [0.5, 0.6) is 0 Å². The van der Waals surface area contributed by atoms with Crippen molar-refractivity contribution in [1.29, 1.82) is 0 Å². The third-order valence-electron chi connectivity index (χ3n) is 2.53. The maximum atomic E-state index is 11.9. The molecule has 0 unspecified atom stereocenters. The largest absolute Gasteiger partial charge is 0.376 e. The maximum absolute atomic E-state index is 11.9. The number of benzene rings is 1. The number of rotatable bonds is 6. The fraction of sp³-hybridized carbons (Fsp3) is 0.364. The standard InChI is InChI=1S/C11H15N3O3S/c12-11(15)7-13-8-3-5-10(6-4-8)18(16,17)14-9-1-2-9/h3-6,9,13-14H,1-2,7H2,(H2,12,15). The van der Waals surface area contributed by atoms with Crippen LogP contribution in [0.15, 0.2) is 29.2 Å². The van der Waals surface area contributed by atoms with Crippen LogP contribution in [-0.4, -0.2) is 26.9 Å². The lowest BCUT2D eigenvalue weighted by molar-refractivity contribution is -0.116. The number of anilines is 1. The monoisotopic (exact) mass is 269 g/mol. The molecule has 1 amide bonds. The van der Waals surface area contributed by atoms with E-state index in [1.165, 1.54) is 12.1 Å². The van der Waals surface area contributed by atoms with Gasteiger partial charge in [-0.2, -0.15) is 0 Å². The minimum Gasteiger partial charge on any atom is -0.376 e. The van der Waals surface area contributed by atoms with Crippen LogP contribution in [0.2, 0.25) is 0 Å². The fourth-order valence-corrected chi connectivity index (χ4v) is 2.73. The Hall–Kier alpha value is -1.60. The van der Waals surface area contributed by atoms with Gasteiger partial charge in [0.05, 0.1) is 11.4 Å². The molecular weight excluding hydrogens is 254 g/mol. The number of hydrogen-bond acceptors (Lipinski definition) is 4. The van der Waals surface area contributed by atoms with Gasteiger partial charge in [-0.1, -0.05) is 0 Å². The van der Waals surface area contributed by atoms with Crippen molar-refractivity contribution in [2.45, 2.75) is 23.8 Å². The molecule has 98 valence electrons. The molecule has 0 aliphatic heterocycles. The highest BCUT2D eigenvalue weighted by molar-refractivity contribution is 7.89. The lowest BCUT2D eigenvalue weighted by Crippen LogP contribution is -2.25. The third kappa shape index (κ3) is 3.44. The van der Waals surface area contributed by atoms with E-state index in [9.17, 15) is 13.2 Å². The first-order valence-electron chi connectivity index (χ1n) is 5.62. The summed E-state index contributed by atoms with van der Waals surface area (Å²) in [7, 11) is -3.41. The van der Waals surface area contributed by atoms with Crippen molar-refractivity contribution in [3.63, 3.8) is 0 Å². The number of carbonyl (C=O) groups is 1. The molecule has 7 heteroatoms. The van der Waals surface area contributed by atoms with Gasteiger partial charge in [-0.3, -0.25) is 4.79 Å². The van der Waals surface area contributed by atoms with Gasteiger partial charge in [-0.05, 0) is 37.1 Å². The highest BCUT2D eigenvalue weighted by Crippen LogP contribution is 2.22. The number of nitrogens with two attached hydrogens (primary N) is 1. The van der Waals surface area contributed by atoms with Gasteiger partial charge >= 0.3 is 0 Å².